The van der Waals surface area contributed by atoms with Gasteiger partial charge in [-0.1, -0.05) is 25.0 Å². The van der Waals surface area contributed by atoms with Crippen molar-refractivity contribution in [2.45, 2.75) is 59.0 Å². The molecule has 0 saturated heterocycles. The summed E-state index contributed by atoms with van der Waals surface area (Å²) < 4.78 is 5.76. The second kappa shape index (κ2) is 4.32. The Bertz CT molecular complexity index is 401. The molecule has 1 unspecified atom stereocenters. The Morgan fingerprint density at radius 2 is 2.06 bits per heavy atom. The molecule has 0 aromatic rings. The van der Waals surface area contributed by atoms with E-state index in [4.69, 9.17) is 4.74 Å². The van der Waals surface area contributed by atoms with Crippen LogP contribution in [0.2, 0.25) is 0 Å². The smallest absolute Gasteiger partial charge is 0.331 e. The van der Waals surface area contributed by atoms with E-state index in [2.05, 4.69) is 20.8 Å². The molecular formula is C15H22O2. The molecule has 2 aliphatic rings. The third kappa shape index (κ3) is 2.18. The van der Waals surface area contributed by atoms with Crippen LogP contribution in [0.4, 0.5) is 0 Å². The molecule has 1 atom stereocenters. The van der Waals surface area contributed by atoms with Crippen molar-refractivity contribution >= 4 is 5.97 Å². The first-order valence-electron chi connectivity index (χ1n) is 6.55. The van der Waals surface area contributed by atoms with Crippen LogP contribution in [0, 0.1) is 5.92 Å². The largest absolute Gasteiger partial charge is 0.451 e. The number of carbonyl (C=O) groups is 1. The molecule has 94 valence electrons. The molecule has 1 spiro atoms. The van der Waals surface area contributed by atoms with E-state index in [0.29, 0.717) is 5.92 Å². The summed E-state index contributed by atoms with van der Waals surface area (Å²) in [5.41, 5.74) is 3.61. The minimum absolute atomic E-state index is 0.165. The van der Waals surface area contributed by atoms with Gasteiger partial charge in [0, 0.05) is 12.5 Å². The van der Waals surface area contributed by atoms with Gasteiger partial charge in [-0.25, -0.2) is 4.79 Å². The summed E-state index contributed by atoms with van der Waals surface area (Å²) in [5.74, 6) is 0.288. The van der Waals surface area contributed by atoms with Crippen LogP contribution in [0.5, 0.6) is 0 Å². The van der Waals surface area contributed by atoms with Crippen LogP contribution in [0.15, 0.2) is 22.8 Å². The average Bonchev–Trinajstić information content (AvgIpc) is 2.13. The van der Waals surface area contributed by atoms with Crippen molar-refractivity contribution in [1.82, 2.24) is 0 Å². The van der Waals surface area contributed by atoms with Crippen LogP contribution < -0.4 is 0 Å². The lowest BCUT2D eigenvalue weighted by molar-refractivity contribution is -0.153. The van der Waals surface area contributed by atoms with Gasteiger partial charge >= 0.3 is 5.97 Å². The van der Waals surface area contributed by atoms with Crippen LogP contribution in [0.25, 0.3) is 0 Å². The Morgan fingerprint density at radius 1 is 1.35 bits per heavy atom. The number of esters is 1. The summed E-state index contributed by atoms with van der Waals surface area (Å²) in [7, 11) is 0. The summed E-state index contributed by atoms with van der Waals surface area (Å²) in [6, 6.07) is 0. The highest BCUT2D eigenvalue weighted by Gasteiger charge is 2.43. The summed E-state index contributed by atoms with van der Waals surface area (Å²) in [4.78, 5) is 11.7. The fraction of sp³-hybridized carbons (Fsp3) is 0.667. The number of rotatable bonds is 1. The van der Waals surface area contributed by atoms with Gasteiger partial charge in [-0.3, -0.25) is 0 Å². The SMILES string of the molecule is CC1=CC(=O)OC2(CCCC(C)=C2C(C)C)C1. The van der Waals surface area contributed by atoms with Crippen molar-refractivity contribution in [2.75, 3.05) is 0 Å². The predicted octanol–water partition coefficient (Wildman–Crippen LogP) is 3.77. The number of hydrogen-bond acceptors (Lipinski definition) is 2. The molecule has 1 heterocycles. The van der Waals surface area contributed by atoms with E-state index in [1.807, 2.05) is 6.92 Å². The Balaban J connectivity index is 2.45. The van der Waals surface area contributed by atoms with Crippen molar-refractivity contribution < 1.29 is 9.53 Å². The maximum absolute atomic E-state index is 11.7. The van der Waals surface area contributed by atoms with E-state index in [-0.39, 0.29) is 11.6 Å². The molecule has 1 aliphatic carbocycles. The molecule has 0 bridgehead atoms. The summed E-state index contributed by atoms with van der Waals surface area (Å²) in [6.45, 7) is 8.63. The van der Waals surface area contributed by atoms with Gasteiger partial charge in [-0.05, 0) is 44.6 Å². The van der Waals surface area contributed by atoms with Crippen LogP contribution in [0.1, 0.15) is 53.4 Å². The van der Waals surface area contributed by atoms with Gasteiger partial charge in [0.25, 0.3) is 0 Å². The lowest BCUT2D eigenvalue weighted by Gasteiger charge is -2.43. The zero-order valence-corrected chi connectivity index (χ0v) is 11.3. The van der Waals surface area contributed by atoms with E-state index in [9.17, 15) is 4.79 Å². The average molecular weight is 234 g/mol. The summed E-state index contributed by atoms with van der Waals surface area (Å²) in [6.07, 6.45) is 5.77. The van der Waals surface area contributed by atoms with Crippen LogP contribution in [0.3, 0.4) is 0 Å². The monoisotopic (exact) mass is 234 g/mol. The van der Waals surface area contributed by atoms with Crippen LogP contribution in [-0.4, -0.2) is 11.6 Å². The molecule has 0 aromatic carbocycles. The molecule has 0 aromatic heterocycles. The van der Waals surface area contributed by atoms with Gasteiger partial charge in [-0.2, -0.15) is 0 Å². The standard InChI is InChI=1S/C15H22O2/c1-10(2)14-12(4)6-5-7-15(14)9-11(3)8-13(16)17-15/h8,10H,5-7,9H2,1-4H3. The molecule has 2 nitrogen and oxygen atoms in total. The number of allylic oxidation sites excluding steroid dienone is 1. The maximum atomic E-state index is 11.7. The Morgan fingerprint density at radius 3 is 2.65 bits per heavy atom. The second-order valence-corrected chi connectivity index (χ2v) is 5.79. The van der Waals surface area contributed by atoms with E-state index in [1.165, 1.54) is 11.1 Å². The Kier molecular flexibility index (Phi) is 3.15. The normalized spacial score (nSPS) is 29.7. The molecular weight excluding hydrogens is 212 g/mol. The van der Waals surface area contributed by atoms with Crippen molar-refractivity contribution in [3.63, 3.8) is 0 Å². The van der Waals surface area contributed by atoms with Crippen molar-refractivity contribution in [2.24, 2.45) is 5.92 Å². The first kappa shape index (κ1) is 12.4. The quantitative estimate of drug-likeness (QED) is 0.510. The fourth-order valence-corrected chi connectivity index (χ4v) is 3.57. The minimum Gasteiger partial charge on any atom is -0.451 e. The van der Waals surface area contributed by atoms with Crippen molar-refractivity contribution in [3.05, 3.63) is 22.8 Å². The number of ether oxygens (including phenoxy) is 1. The van der Waals surface area contributed by atoms with E-state index in [1.54, 1.807) is 6.08 Å². The van der Waals surface area contributed by atoms with Gasteiger partial charge < -0.3 is 4.74 Å². The van der Waals surface area contributed by atoms with Crippen molar-refractivity contribution in [3.8, 4) is 0 Å². The highest BCUT2D eigenvalue weighted by atomic mass is 16.6. The van der Waals surface area contributed by atoms with Gasteiger partial charge in [-0.15, -0.1) is 0 Å². The lowest BCUT2D eigenvalue weighted by atomic mass is 9.71. The predicted molar refractivity (Wildman–Crippen MR) is 68.6 cm³/mol. The highest BCUT2D eigenvalue weighted by molar-refractivity contribution is 5.84. The van der Waals surface area contributed by atoms with E-state index in [0.717, 1.165) is 31.3 Å². The zero-order valence-electron chi connectivity index (χ0n) is 11.3. The molecule has 17 heavy (non-hydrogen) atoms. The third-order valence-electron chi connectivity index (χ3n) is 3.88. The lowest BCUT2D eigenvalue weighted by Crippen LogP contribution is -2.43. The first-order chi connectivity index (χ1) is 7.94. The Labute approximate surface area is 104 Å². The molecule has 0 saturated carbocycles. The summed E-state index contributed by atoms with van der Waals surface area (Å²) >= 11 is 0. The minimum atomic E-state index is -0.327. The fourth-order valence-electron chi connectivity index (χ4n) is 3.57. The third-order valence-corrected chi connectivity index (χ3v) is 3.88. The first-order valence-corrected chi connectivity index (χ1v) is 6.55. The molecule has 2 heteroatoms. The van der Waals surface area contributed by atoms with Gasteiger partial charge in [0.2, 0.25) is 0 Å². The molecule has 0 radical (unpaired) electrons. The molecule has 0 N–H and O–H groups in total. The van der Waals surface area contributed by atoms with Crippen LogP contribution >= 0.6 is 0 Å². The van der Waals surface area contributed by atoms with E-state index < -0.39 is 0 Å². The van der Waals surface area contributed by atoms with Crippen LogP contribution in [-0.2, 0) is 9.53 Å². The van der Waals surface area contributed by atoms with Crippen molar-refractivity contribution in [1.29, 1.82) is 0 Å². The summed E-state index contributed by atoms with van der Waals surface area (Å²) in [5, 5.41) is 0. The number of carbonyl (C=O) groups excluding carboxylic acids is 1. The number of hydrogen-bond donors (Lipinski definition) is 0. The highest BCUT2D eigenvalue weighted by Crippen LogP contribution is 2.45. The second-order valence-electron chi connectivity index (χ2n) is 5.79. The van der Waals surface area contributed by atoms with Gasteiger partial charge in [0.1, 0.15) is 5.60 Å². The Hall–Kier alpha value is -1.05. The molecule has 0 fully saturated rings. The zero-order chi connectivity index (χ0) is 12.6. The molecule has 2 rings (SSSR count). The van der Waals surface area contributed by atoms with Gasteiger partial charge in [0.05, 0.1) is 0 Å². The topological polar surface area (TPSA) is 26.3 Å². The maximum Gasteiger partial charge on any atom is 0.331 e. The van der Waals surface area contributed by atoms with E-state index >= 15 is 0 Å². The molecule has 0 amide bonds. The van der Waals surface area contributed by atoms with Gasteiger partial charge in [0.15, 0.2) is 0 Å². The molecule has 1 aliphatic heterocycles.